The van der Waals surface area contributed by atoms with E-state index in [4.69, 9.17) is 0 Å². The second-order valence-electron chi connectivity index (χ2n) is 10.1. The SMILES string of the molecule is C1=C(Cc2ccc(-c3c4ccccc4cc4ccccc34)[nH]2)c2c(c3ccccc3c3ccccc23)C1. The molecule has 0 radical (unpaired) electrons. The van der Waals surface area contributed by atoms with Crippen molar-refractivity contribution in [3.05, 3.63) is 138 Å². The lowest BCUT2D eigenvalue weighted by atomic mass is 9.90. The third-order valence-corrected chi connectivity index (χ3v) is 8.08. The van der Waals surface area contributed by atoms with Crippen LogP contribution in [0.25, 0.3) is 59.9 Å². The van der Waals surface area contributed by atoms with Gasteiger partial charge in [0.2, 0.25) is 0 Å². The zero-order valence-electron chi connectivity index (χ0n) is 20.5. The first-order valence-electron chi connectivity index (χ1n) is 13.1. The highest BCUT2D eigenvalue weighted by molar-refractivity contribution is 6.15. The van der Waals surface area contributed by atoms with E-state index < -0.39 is 0 Å². The molecule has 0 unspecified atom stereocenters. The molecular weight excluding hydrogens is 446 g/mol. The fourth-order valence-corrected chi connectivity index (χ4v) is 6.48. The predicted molar refractivity (Wildman–Crippen MR) is 158 cm³/mol. The van der Waals surface area contributed by atoms with Gasteiger partial charge in [-0.25, -0.2) is 0 Å². The maximum absolute atomic E-state index is 3.82. The molecule has 1 N–H and O–H groups in total. The Labute approximate surface area is 215 Å². The van der Waals surface area contributed by atoms with Gasteiger partial charge in [0.25, 0.3) is 0 Å². The van der Waals surface area contributed by atoms with Crippen LogP contribution in [-0.2, 0) is 12.8 Å². The summed E-state index contributed by atoms with van der Waals surface area (Å²) in [7, 11) is 0. The molecule has 0 saturated heterocycles. The van der Waals surface area contributed by atoms with Crippen molar-refractivity contribution in [2.24, 2.45) is 0 Å². The zero-order valence-corrected chi connectivity index (χ0v) is 20.5. The second-order valence-corrected chi connectivity index (χ2v) is 10.1. The maximum atomic E-state index is 3.82. The number of allylic oxidation sites excluding steroid dienone is 2. The topological polar surface area (TPSA) is 15.8 Å². The minimum absolute atomic E-state index is 0.901. The number of aromatic nitrogens is 1. The molecule has 1 aliphatic rings. The number of nitrogens with one attached hydrogen (secondary N) is 1. The average molecular weight is 472 g/mol. The molecule has 1 nitrogen and oxygen atoms in total. The van der Waals surface area contributed by atoms with Gasteiger partial charge < -0.3 is 4.98 Å². The van der Waals surface area contributed by atoms with E-state index in [9.17, 15) is 0 Å². The predicted octanol–water partition coefficient (Wildman–Crippen LogP) is 9.48. The third kappa shape index (κ3) is 3.11. The number of hydrogen-bond donors (Lipinski definition) is 1. The fourth-order valence-electron chi connectivity index (χ4n) is 6.48. The lowest BCUT2D eigenvalue weighted by Gasteiger charge is -2.14. The van der Waals surface area contributed by atoms with Crippen LogP contribution in [0, 0.1) is 0 Å². The van der Waals surface area contributed by atoms with E-state index in [1.165, 1.54) is 76.7 Å². The van der Waals surface area contributed by atoms with E-state index in [0.717, 1.165) is 12.8 Å². The van der Waals surface area contributed by atoms with Crippen LogP contribution in [-0.4, -0.2) is 4.98 Å². The van der Waals surface area contributed by atoms with Gasteiger partial charge in [-0.3, -0.25) is 0 Å². The molecule has 0 fully saturated rings. The Hall–Kier alpha value is -4.62. The molecule has 0 atom stereocenters. The van der Waals surface area contributed by atoms with Crippen molar-refractivity contribution in [1.29, 1.82) is 0 Å². The molecule has 7 aromatic rings. The van der Waals surface area contributed by atoms with Crippen LogP contribution in [0.1, 0.15) is 16.8 Å². The van der Waals surface area contributed by atoms with E-state index in [0.29, 0.717) is 0 Å². The Morgan fingerprint density at radius 2 is 1.08 bits per heavy atom. The second kappa shape index (κ2) is 7.94. The summed E-state index contributed by atoms with van der Waals surface area (Å²) in [6, 6.07) is 42.0. The first-order valence-corrected chi connectivity index (χ1v) is 13.1. The van der Waals surface area contributed by atoms with Crippen molar-refractivity contribution in [3.8, 4) is 11.3 Å². The van der Waals surface area contributed by atoms with Crippen molar-refractivity contribution in [2.75, 3.05) is 0 Å². The van der Waals surface area contributed by atoms with Gasteiger partial charge in [0.1, 0.15) is 0 Å². The van der Waals surface area contributed by atoms with Gasteiger partial charge in [-0.1, -0.05) is 103 Å². The molecule has 37 heavy (non-hydrogen) atoms. The van der Waals surface area contributed by atoms with Gasteiger partial charge >= 0.3 is 0 Å². The minimum atomic E-state index is 0.901. The highest BCUT2D eigenvalue weighted by Crippen LogP contribution is 2.42. The first kappa shape index (κ1) is 20.6. The van der Waals surface area contributed by atoms with E-state index in [1.807, 2.05) is 0 Å². The largest absolute Gasteiger partial charge is 0.358 e. The highest BCUT2D eigenvalue weighted by Gasteiger charge is 2.22. The molecule has 0 saturated carbocycles. The minimum Gasteiger partial charge on any atom is -0.358 e. The molecule has 1 heterocycles. The molecule has 1 heteroatoms. The summed E-state index contributed by atoms with van der Waals surface area (Å²) in [6.07, 6.45) is 4.34. The van der Waals surface area contributed by atoms with Crippen molar-refractivity contribution in [1.82, 2.24) is 4.98 Å². The average Bonchev–Trinajstić information content (AvgIpc) is 3.59. The summed E-state index contributed by atoms with van der Waals surface area (Å²) in [5.74, 6) is 0. The van der Waals surface area contributed by atoms with E-state index in [-0.39, 0.29) is 0 Å². The summed E-state index contributed by atoms with van der Waals surface area (Å²) >= 11 is 0. The Bertz CT molecular complexity index is 1980. The zero-order chi connectivity index (χ0) is 24.3. The molecule has 0 aliphatic heterocycles. The Balaban J connectivity index is 1.26. The molecule has 6 aromatic carbocycles. The normalized spacial score (nSPS) is 13.0. The van der Waals surface area contributed by atoms with Gasteiger partial charge in [0, 0.05) is 23.4 Å². The molecule has 0 spiro atoms. The standard InChI is InChI=1S/C36H25N/c1-3-11-27-23(9-1)21-24-10-2-4-12-28(24)36(27)34-20-18-26(37-34)22-25-17-19-33-31-15-6-5-13-29(31)30-14-7-8-16-32(30)35(25)33/h1-18,20-21,37H,19,22H2. The number of rotatable bonds is 3. The summed E-state index contributed by atoms with van der Waals surface area (Å²) < 4.78 is 0. The van der Waals surface area contributed by atoms with E-state index >= 15 is 0 Å². The van der Waals surface area contributed by atoms with E-state index in [1.54, 1.807) is 0 Å². The van der Waals surface area contributed by atoms with Crippen molar-refractivity contribution in [2.45, 2.75) is 12.8 Å². The van der Waals surface area contributed by atoms with Crippen molar-refractivity contribution in [3.63, 3.8) is 0 Å². The van der Waals surface area contributed by atoms with Crippen LogP contribution < -0.4 is 0 Å². The van der Waals surface area contributed by atoms with Gasteiger partial charge in [-0.2, -0.15) is 0 Å². The molecule has 174 valence electrons. The van der Waals surface area contributed by atoms with Crippen LogP contribution in [0.4, 0.5) is 0 Å². The molecule has 0 bridgehead atoms. The number of benzene rings is 6. The van der Waals surface area contributed by atoms with Crippen molar-refractivity contribution >= 4 is 48.7 Å². The molecule has 8 rings (SSSR count). The van der Waals surface area contributed by atoms with E-state index in [2.05, 4.69) is 126 Å². The number of H-pyrrole nitrogens is 1. The summed E-state index contributed by atoms with van der Waals surface area (Å²) in [5.41, 5.74) is 8.05. The Kier molecular flexibility index (Phi) is 4.41. The molecule has 1 aliphatic carbocycles. The Morgan fingerprint density at radius 1 is 0.514 bits per heavy atom. The number of hydrogen-bond acceptors (Lipinski definition) is 0. The van der Waals surface area contributed by atoms with Gasteiger partial charge in [0.15, 0.2) is 0 Å². The quantitative estimate of drug-likeness (QED) is 0.195. The smallest absolute Gasteiger partial charge is 0.0468 e. The number of fused-ring (bicyclic) bond motifs is 8. The summed E-state index contributed by atoms with van der Waals surface area (Å²) in [4.78, 5) is 3.82. The van der Waals surface area contributed by atoms with Crippen LogP contribution >= 0.6 is 0 Å². The summed E-state index contributed by atoms with van der Waals surface area (Å²) in [5, 5.41) is 10.6. The molecule has 0 amide bonds. The number of aromatic amines is 1. The van der Waals surface area contributed by atoms with Gasteiger partial charge in [-0.05, 0) is 84.4 Å². The van der Waals surface area contributed by atoms with Crippen LogP contribution in [0.15, 0.2) is 121 Å². The third-order valence-electron chi connectivity index (χ3n) is 8.08. The monoisotopic (exact) mass is 471 g/mol. The lowest BCUT2D eigenvalue weighted by molar-refractivity contribution is 1.17. The highest BCUT2D eigenvalue weighted by atomic mass is 14.7. The maximum Gasteiger partial charge on any atom is 0.0468 e. The molecule has 1 aromatic heterocycles. The Morgan fingerprint density at radius 3 is 1.78 bits per heavy atom. The molecular formula is C36H25N. The van der Waals surface area contributed by atoms with Gasteiger partial charge in [0.05, 0.1) is 0 Å². The summed E-state index contributed by atoms with van der Waals surface area (Å²) in [6.45, 7) is 0. The first-order chi connectivity index (χ1) is 18.3. The fraction of sp³-hybridized carbons (Fsp3) is 0.0556. The van der Waals surface area contributed by atoms with Crippen LogP contribution in [0.2, 0.25) is 0 Å². The van der Waals surface area contributed by atoms with Crippen LogP contribution in [0.3, 0.4) is 0 Å². The van der Waals surface area contributed by atoms with Gasteiger partial charge in [-0.15, -0.1) is 0 Å². The van der Waals surface area contributed by atoms with Crippen LogP contribution in [0.5, 0.6) is 0 Å². The van der Waals surface area contributed by atoms with Crippen molar-refractivity contribution < 1.29 is 0 Å². The lowest BCUT2D eigenvalue weighted by Crippen LogP contribution is -1.94.